The SMILES string of the molecule is CCC/C=C/CCC([O-])=NCCN(CCCO)CCC(=O)O.[Na+]. The first kappa shape index (κ1) is 24.8. The quantitative estimate of drug-likeness (QED) is 0.166. The van der Waals surface area contributed by atoms with Crippen LogP contribution in [-0.2, 0) is 4.79 Å². The van der Waals surface area contributed by atoms with E-state index in [4.69, 9.17) is 10.2 Å². The summed E-state index contributed by atoms with van der Waals surface area (Å²) in [7, 11) is 0. The zero-order valence-electron chi connectivity index (χ0n) is 14.5. The molecule has 0 saturated heterocycles. The molecule has 0 bridgehead atoms. The molecule has 0 aliphatic carbocycles. The van der Waals surface area contributed by atoms with E-state index in [1.54, 1.807) is 0 Å². The predicted molar refractivity (Wildman–Crippen MR) is 86.0 cm³/mol. The van der Waals surface area contributed by atoms with E-state index in [-0.39, 0.29) is 48.5 Å². The first-order valence-corrected chi connectivity index (χ1v) is 8.00. The van der Waals surface area contributed by atoms with E-state index in [1.807, 2.05) is 11.0 Å². The van der Waals surface area contributed by atoms with Gasteiger partial charge >= 0.3 is 35.5 Å². The van der Waals surface area contributed by atoms with E-state index in [1.165, 1.54) is 0 Å². The summed E-state index contributed by atoms with van der Waals surface area (Å²) in [6.07, 6.45) is 8.02. The number of allylic oxidation sites excluding steroid dienone is 2. The van der Waals surface area contributed by atoms with Gasteiger partial charge in [-0.2, -0.15) is 0 Å². The molecule has 0 aromatic heterocycles. The molecule has 23 heavy (non-hydrogen) atoms. The Labute approximate surface area is 161 Å². The van der Waals surface area contributed by atoms with Crippen LogP contribution in [0.2, 0.25) is 0 Å². The van der Waals surface area contributed by atoms with Crippen molar-refractivity contribution in [2.45, 2.75) is 45.4 Å². The number of aliphatic carboxylic acids is 1. The van der Waals surface area contributed by atoms with E-state index in [0.29, 0.717) is 39.0 Å². The molecule has 0 aliphatic heterocycles. The molecule has 0 heterocycles. The third-order valence-electron chi connectivity index (χ3n) is 3.13. The molecule has 7 heteroatoms. The Morgan fingerprint density at radius 1 is 1.17 bits per heavy atom. The number of nitrogens with zero attached hydrogens (tertiary/aromatic N) is 2. The average molecular weight is 336 g/mol. The van der Waals surface area contributed by atoms with Crippen molar-refractivity contribution in [1.82, 2.24) is 4.90 Å². The van der Waals surface area contributed by atoms with Crippen LogP contribution in [0.3, 0.4) is 0 Å². The Morgan fingerprint density at radius 2 is 1.87 bits per heavy atom. The summed E-state index contributed by atoms with van der Waals surface area (Å²) in [6.45, 7) is 4.14. The summed E-state index contributed by atoms with van der Waals surface area (Å²) in [4.78, 5) is 16.5. The van der Waals surface area contributed by atoms with Gasteiger partial charge in [-0.05, 0) is 31.6 Å². The first-order valence-electron chi connectivity index (χ1n) is 8.00. The van der Waals surface area contributed by atoms with Crippen LogP contribution < -0.4 is 34.7 Å². The van der Waals surface area contributed by atoms with Crippen molar-refractivity contribution in [3.05, 3.63) is 12.2 Å². The molecule has 0 spiro atoms. The minimum Gasteiger partial charge on any atom is -0.862 e. The van der Waals surface area contributed by atoms with Gasteiger partial charge in [0.15, 0.2) is 0 Å². The number of carboxylic acids is 1. The van der Waals surface area contributed by atoms with Crippen LogP contribution >= 0.6 is 0 Å². The van der Waals surface area contributed by atoms with Gasteiger partial charge in [-0.3, -0.25) is 4.79 Å². The maximum atomic E-state index is 11.6. The zero-order valence-corrected chi connectivity index (χ0v) is 16.5. The summed E-state index contributed by atoms with van der Waals surface area (Å²) < 4.78 is 0. The summed E-state index contributed by atoms with van der Waals surface area (Å²) in [6, 6.07) is 0. The Bertz CT molecular complexity index is 349. The van der Waals surface area contributed by atoms with Crippen LogP contribution in [0.4, 0.5) is 0 Å². The van der Waals surface area contributed by atoms with Crippen LogP contribution in [0, 0.1) is 0 Å². The Balaban J connectivity index is 0. The smallest absolute Gasteiger partial charge is 0.862 e. The average Bonchev–Trinajstić information content (AvgIpc) is 2.49. The predicted octanol–water partition coefficient (Wildman–Crippen LogP) is -1.96. The molecule has 0 saturated carbocycles. The Kier molecular flexibility index (Phi) is 19.4. The molecule has 0 aromatic carbocycles. The zero-order chi connectivity index (χ0) is 16.6. The van der Waals surface area contributed by atoms with Crippen molar-refractivity contribution in [2.24, 2.45) is 4.99 Å². The van der Waals surface area contributed by atoms with Gasteiger partial charge in [0.25, 0.3) is 0 Å². The number of aliphatic hydroxyl groups excluding tert-OH is 1. The van der Waals surface area contributed by atoms with Gasteiger partial charge in [-0.1, -0.05) is 25.5 Å². The summed E-state index contributed by atoms with van der Waals surface area (Å²) in [5, 5.41) is 29.1. The van der Waals surface area contributed by atoms with Gasteiger partial charge in [-0.25, -0.2) is 0 Å². The van der Waals surface area contributed by atoms with Crippen LogP contribution in [-0.4, -0.2) is 59.8 Å². The molecule has 0 aromatic rings. The van der Waals surface area contributed by atoms with Gasteiger partial charge in [0, 0.05) is 26.2 Å². The van der Waals surface area contributed by atoms with E-state index in [2.05, 4.69) is 18.0 Å². The van der Waals surface area contributed by atoms with E-state index in [0.717, 1.165) is 19.3 Å². The van der Waals surface area contributed by atoms with Gasteiger partial charge in [-0.15, -0.1) is 0 Å². The monoisotopic (exact) mass is 336 g/mol. The van der Waals surface area contributed by atoms with Crippen LogP contribution in [0.1, 0.15) is 45.4 Å². The molecular formula is C16H29N2NaO4. The third-order valence-corrected chi connectivity index (χ3v) is 3.13. The number of unbranched alkanes of at least 4 members (excludes halogenated alkanes) is 1. The normalized spacial score (nSPS) is 11.9. The number of hydrogen-bond donors (Lipinski definition) is 2. The van der Waals surface area contributed by atoms with Crippen LogP contribution in [0.15, 0.2) is 17.1 Å². The largest absolute Gasteiger partial charge is 1.00 e. The van der Waals surface area contributed by atoms with Gasteiger partial charge < -0.3 is 25.2 Å². The molecule has 2 N–H and O–H groups in total. The van der Waals surface area contributed by atoms with Crippen molar-refractivity contribution in [2.75, 3.05) is 32.8 Å². The number of hydrogen-bond acceptors (Lipinski definition) is 5. The Morgan fingerprint density at radius 3 is 2.48 bits per heavy atom. The Hall–Kier alpha value is -0.400. The minimum atomic E-state index is -0.846. The molecule has 6 nitrogen and oxygen atoms in total. The molecule has 0 fully saturated rings. The molecule has 128 valence electrons. The van der Waals surface area contributed by atoms with Crippen molar-refractivity contribution >= 4 is 11.9 Å². The van der Waals surface area contributed by atoms with E-state index < -0.39 is 5.97 Å². The third kappa shape index (κ3) is 17.8. The fraction of sp³-hybridized carbons (Fsp3) is 0.750. The van der Waals surface area contributed by atoms with Gasteiger partial charge in [0.2, 0.25) is 0 Å². The second kappa shape index (κ2) is 17.9. The standard InChI is InChI=1S/C16H30N2O4.Na/c1-2-3-4-5-6-8-15(20)17-10-13-18(11-7-14-19)12-9-16(21)22;/h4-5,19H,2-3,6-14H2,1H3,(H,17,20)(H,21,22);/q;+1/p-1/b5-4+;. The fourth-order valence-electron chi connectivity index (χ4n) is 1.89. The molecule has 0 unspecified atom stereocenters. The number of carboxylic acid groups (broad SMARTS) is 1. The molecule has 0 atom stereocenters. The number of aliphatic hydroxyl groups is 1. The molecular weight excluding hydrogens is 307 g/mol. The molecule has 0 amide bonds. The second-order valence-electron chi connectivity index (χ2n) is 5.14. The second-order valence-corrected chi connectivity index (χ2v) is 5.14. The van der Waals surface area contributed by atoms with Crippen molar-refractivity contribution < 1.29 is 49.7 Å². The number of rotatable bonds is 14. The summed E-state index contributed by atoms with van der Waals surface area (Å²) in [5.41, 5.74) is 0. The van der Waals surface area contributed by atoms with E-state index >= 15 is 0 Å². The molecule has 0 radical (unpaired) electrons. The van der Waals surface area contributed by atoms with Crippen molar-refractivity contribution in [3.63, 3.8) is 0 Å². The number of aliphatic imine (C=N–C) groups is 1. The number of carbonyl (C=O) groups is 1. The van der Waals surface area contributed by atoms with Crippen LogP contribution in [0.5, 0.6) is 0 Å². The topological polar surface area (TPSA) is 96.2 Å². The van der Waals surface area contributed by atoms with Gasteiger partial charge in [0.05, 0.1) is 13.0 Å². The maximum Gasteiger partial charge on any atom is 1.00 e. The van der Waals surface area contributed by atoms with Crippen molar-refractivity contribution in [1.29, 1.82) is 0 Å². The molecule has 0 aliphatic rings. The first-order chi connectivity index (χ1) is 10.6. The summed E-state index contributed by atoms with van der Waals surface area (Å²) >= 11 is 0. The van der Waals surface area contributed by atoms with Crippen LogP contribution in [0.25, 0.3) is 0 Å². The fourth-order valence-corrected chi connectivity index (χ4v) is 1.89. The van der Waals surface area contributed by atoms with E-state index in [9.17, 15) is 9.90 Å². The summed E-state index contributed by atoms with van der Waals surface area (Å²) in [5.74, 6) is -0.956. The molecule has 0 rings (SSSR count). The maximum absolute atomic E-state index is 11.6. The van der Waals surface area contributed by atoms with Gasteiger partial charge in [0.1, 0.15) is 0 Å². The van der Waals surface area contributed by atoms with Crippen molar-refractivity contribution in [3.8, 4) is 0 Å². The minimum absolute atomic E-state index is 0.